The highest BCUT2D eigenvalue weighted by atomic mass is 16.3. The lowest BCUT2D eigenvalue weighted by molar-refractivity contribution is 0.111. The Labute approximate surface area is 70.0 Å². The Morgan fingerprint density at radius 1 is 1.67 bits per heavy atom. The fraction of sp³-hybridized carbons (Fsp3) is 0.250. The molecule has 0 bridgehead atoms. The van der Waals surface area contributed by atoms with Crippen LogP contribution in [0.2, 0.25) is 0 Å². The average molecular weight is 166 g/mol. The van der Waals surface area contributed by atoms with Gasteiger partial charge in [-0.15, -0.1) is 0 Å². The van der Waals surface area contributed by atoms with E-state index >= 15 is 0 Å². The molecule has 0 fully saturated rings. The van der Waals surface area contributed by atoms with Crippen LogP contribution in [0.4, 0.5) is 0 Å². The topological polar surface area (TPSA) is 76.2 Å². The third-order valence-electron chi connectivity index (χ3n) is 1.55. The maximum Gasteiger partial charge on any atom is 0.168 e. The van der Waals surface area contributed by atoms with Crippen LogP contribution in [0.5, 0.6) is 0 Å². The van der Waals surface area contributed by atoms with Crippen molar-refractivity contribution in [2.75, 3.05) is 6.61 Å². The number of rotatable bonds is 3. The second kappa shape index (κ2) is 3.94. The first kappa shape index (κ1) is 8.83. The molecule has 1 aromatic heterocycles. The van der Waals surface area contributed by atoms with E-state index in [0.29, 0.717) is 12.0 Å². The first-order valence-electron chi connectivity index (χ1n) is 3.55. The van der Waals surface area contributed by atoms with Gasteiger partial charge < -0.3 is 10.8 Å². The van der Waals surface area contributed by atoms with E-state index in [1.54, 1.807) is 12.1 Å². The lowest BCUT2D eigenvalue weighted by Gasteiger charge is -2.06. The molecule has 0 amide bonds. The molecule has 1 aromatic rings. The van der Waals surface area contributed by atoms with E-state index in [1.165, 1.54) is 6.20 Å². The minimum Gasteiger partial charge on any atom is -0.394 e. The minimum atomic E-state index is -0.418. The largest absolute Gasteiger partial charge is 0.394 e. The number of hydrogen-bond donors (Lipinski definition) is 2. The van der Waals surface area contributed by atoms with Crippen LogP contribution in [0.15, 0.2) is 18.3 Å². The first-order valence-corrected chi connectivity index (χ1v) is 3.55. The molecule has 64 valence electrons. The molecule has 12 heavy (non-hydrogen) atoms. The number of hydrogen-bond acceptors (Lipinski definition) is 4. The highest BCUT2D eigenvalue weighted by molar-refractivity contribution is 5.71. The summed E-state index contributed by atoms with van der Waals surface area (Å²) in [5.74, 6) is 0. The van der Waals surface area contributed by atoms with Crippen molar-refractivity contribution in [2.45, 2.75) is 6.04 Å². The van der Waals surface area contributed by atoms with Gasteiger partial charge in [0.1, 0.15) is 5.69 Å². The molecule has 1 heterocycles. The number of pyridine rings is 1. The van der Waals surface area contributed by atoms with E-state index in [1.807, 2.05) is 0 Å². The van der Waals surface area contributed by atoms with Crippen molar-refractivity contribution in [2.24, 2.45) is 5.73 Å². The molecule has 1 atom stereocenters. The van der Waals surface area contributed by atoms with E-state index in [9.17, 15) is 4.79 Å². The molecule has 0 saturated heterocycles. The SMILES string of the molecule is N[C@H](CO)c1ccc(C=O)nc1. The van der Waals surface area contributed by atoms with Gasteiger partial charge in [-0.2, -0.15) is 0 Å². The number of carbonyl (C=O) groups excluding carboxylic acids is 1. The molecular formula is C8H10N2O2. The highest BCUT2D eigenvalue weighted by Gasteiger charge is 2.03. The van der Waals surface area contributed by atoms with Gasteiger partial charge in [-0.25, -0.2) is 0 Å². The maximum absolute atomic E-state index is 10.2. The Hall–Kier alpha value is -1.26. The Balaban J connectivity index is 2.84. The van der Waals surface area contributed by atoms with Crippen LogP contribution in [0.25, 0.3) is 0 Å². The van der Waals surface area contributed by atoms with Crippen molar-refractivity contribution in [3.63, 3.8) is 0 Å². The summed E-state index contributed by atoms with van der Waals surface area (Å²) in [7, 11) is 0. The number of nitrogens with zero attached hydrogens (tertiary/aromatic N) is 1. The molecule has 0 aliphatic heterocycles. The molecule has 0 aromatic carbocycles. The van der Waals surface area contributed by atoms with Gasteiger partial charge in [0.15, 0.2) is 6.29 Å². The molecule has 4 heteroatoms. The van der Waals surface area contributed by atoms with Crippen molar-refractivity contribution in [3.8, 4) is 0 Å². The van der Waals surface area contributed by atoms with Gasteiger partial charge in [0.2, 0.25) is 0 Å². The van der Waals surface area contributed by atoms with Crippen molar-refractivity contribution < 1.29 is 9.90 Å². The van der Waals surface area contributed by atoms with E-state index in [-0.39, 0.29) is 6.61 Å². The predicted molar refractivity (Wildman–Crippen MR) is 43.6 cm³/mol. The first-order chi connectivity index (χ1) is 5.77. The van der Waals surface area contributed by atoms with E-state index in [4.69, 9.17) is 10.8 Å². The van der Waals surface area contributed by atoms with Gasteiger partial charge in [0, 0.05) is 6.20 Å². The number of aliphatic hydroxyl groups excluding tert-OH is 1. The predicted octanol–water partition coefficient (Wildman–Crippen LogP) is -0.114. The van der Waals surface area contributed by atoms with Crippen LogP contribution in [-0.4, -0.2) is 23.0 Å². The van der Waals surface area contributed by atoms with Crippen molar-refractivity contribution in [1.29, 1.82) is 0 Å². The summed E-state index contributed by atoms with van der Waals surface area (Å²) in [6.07, 6.45) is 2.15. The zero-order valence-corrected chi connectivity index (χ0v) is 6.47. The molecule has 0 spiro atoms. The summed E-state index contributed by atoms with van der Waals surface area (Å²) >= 11 is 0. The minimum absolute atomic E-state index is 0.123. The van der Waals surface area contributed by atoms with Crippen molar-refractivity contribution >= 4 is 6.29 Å². The van der Waals surface area contributed by atoms with E-state index in [0.717, 1.165) is 5.56 Å². The number of aliphatic hydroxyl groups is 1. The third kappa shape index (κ3) is 1.87. The Bertz CT molecular complexity index is 258. The number of nitrogens with two attached hydrogens (primary N) is 1. The number of carbonyl (C=O) groups is 1. The summed E-state index contributed by atoms with van der Waals surface area (Å²) in [6.45, 7) is -0.123. The van der Waals surface area contributed by atoms with Gasteiger partial charge >= 0.3 is 0 Å². The van der Waals surface area contributed by atoms with Gasteiger partial charge in [0.05, 0.1) is 12.6 Å². The summed E-state index contributed by atoms with van der Waals surface area (Å²) < 4.78 is 0. The Morgan fingerprint density at radius 2 is 2.42 bits per heavy atom. The van der Waals surface area contributed by atoms with Gasteiger partial charge in [-0.05, 0) is 11.6 Å². The normalized spacial score (nSPS) is 12.5. The second-order valence-electron chi connectivity index (χ2n) is 2.42. The molecule has 0 unspecified atom stereocenters. The standard InChI is InChI=1S/C8H10N2O2/c9-8(5-12)6-1-2-7(4-11)10-3-6/h1-4,8,12H,5,9H2/t8-/m1/s1. The van der Waals surface area contributed by atoms with Gasteiger partial charge in [0.25, 0.3) is 0 Å². The average Bonchev–Trinajstić information content (AvgIpc) is 2.17. The zero-order valence-electron chi connectivity index (χ0n) is 6.47. The Kier molecular flexibility index (Phi) is 2.90. The van der Waals surface area contributed by atoms with E-state index < -0.39 is 6.04 Å². The second-order valence-corrected chi connectivity index (χ2v) is 2.42. The molecule has 0 aliphatic carbocycles. The van der Waals surface area contributed by atoms with Crippen LogP contribution < -0.4 is 5.73 Å². The summed E-state index contributed by atoms with van der Waals surface area (Å²) in [5, 5.41) is 8.69. The lowest BCUT2D eigenvalue weighted by Crippen LogP contribution is -2.14. The number of aldehydes is 1. The van der Waals surface area contributed by atoms with Gasteiger partial charge in [-0.1, -0.05) is 6.07 Å². The zero-order chi connectivity index (χ0) is 8.97. The van der Waals surface area contributed by atoms with Crippen LogP contribution in [0, 0.1) is 0 Å². The van der Waals surface area contributed by atoms with Crippen LogP contribution in [0.3, 0.4) is 0 Å². The van der Waals surface area contributed by atoms with Crippen LogP contribution in [0.1, 0.15) is 22.1 Å². The molecule has 0 radical (unpaired) electrons. The quantitative estimate of drug-likeness (QED) is 0.614. The summed E-state index contributed by atoms with van der Waals surface area (Å²) in [6, 6.07) is 2.83. The highest BCUT2D eigenvalue weighted by Crippen LogP contribution is 2.07. The fourth-order valence-electron chi connectivity index (χ4n) is 0.811. The summed E-state index contributed by atoms with van der Waals surface area (Å²) in [5.41, 5.74) is 6.60. The Morgan fingerprint density at radius 3 is 2.83 bits per heavy atom. The smallest absolute Gasteiger partial charge is 0.168 e. The molecule has 3 N–H and O–H groups in total. The van der Waals surface area contributed by atoms with Gasteiger partial charge in [-0.3, -0.25) is 9.78 Å². The monoisotopic (exact) mass is 166 g/mol. The number of aromatic nitrogens is 1. The maximum atomic E-state index is 10.2. The van der Waals surface area contributed by atoms with Crippen LogP contribution in [-0.2, 0) is 0 Å². The lowest BCUT2D eigenvalue weighted by atomic mass is 10.1. The van der Waals surface area contributed by atoms with Crippen molar-refractivity contribution in [1.82, 2.24) is 4.98 Å². The summed E-state index contributed by atoms with van der Waals surface area (Å²) in [4.78, 5) is 14.0. The van der Waals surface area contributed by atoms with E-state index in [2.05, 4.69) is 4.98 Å². The fourth-order valence-corrected chi connectivity index (χ4v) is 0.811. The van der Waals surface area contributed by atoms with Crippen molar-refractivity contribution in [3.05, 3.63) is 29.6 Å². The molecule has 0 aliphatic rings. The third-order valence-corrected chi connectivity index (χ3v) is 1.55. The molecule has 4 nitrogen and oxygen atoms in total. The van der Waals surface area contributed by atoms with Crippen LogP contribution >= 0.6 is 0 Å². The molecule has 0 saturated carbocycles. The molecule has 1 rings (SSSR count). The molecular weight excluding hydrogens is 156 g/mol.